The van der Waals surface area contributed by atoms with Gasteiger partial charge in [0, 0.05) is 0 Å². The molecule has 1 aromatic carbocycles. The third-order valence-electron chi connectivity index (χ3n) is 2.43. The van der Waals surface area contributed by atoms with Gasteiger partial charge in [-0.05, 0) is 36.6 Å². The Morgan fingerprint density at radius 2 is 1.95 bits per heavy atom. The number of sulfone groups is 1. The molecule has 0 heterocycles. The minimum Gasteiger partial charge on any atom is -0.398 e. The van der Waals surface area contributed by atoms with Crippen LogP contribution in [-0.4, -0.2) is 26.2 Å². The van der Waals surface area contributed by atoms with Crippen molar-refractivity contribution in [3.05, 3.63) is 23.8 Å². The number of rotatable bonds is 5. The number of thioether (sulfide) groups is 1. The molecule has 108 valence electrons. The van der Waals surface area contributed by atoms with E-state index in [1.54, 1.807) is 0 Å². The summed E-state index contributed by atoms with van der Waals surface area (Å²) in [5, 5.41) is 0. The second-order valence-electron chi connectivity index (χ2n) is 3.92. The summed E-state index contributed by atoms with van der Waals surface area (Å²) < 4.78 is 61.1. The van der Waals surface area contributed by atoms with E-state index < -0.39 is 21.6 Å². The van der Waals surface area contributed by atoms with E-state index in [0.29, 0.717) is 18.2 Å². The van der Waals surface area contributed by atoms with Crippen molar-refractivity contribution < 1.29 is 21.6 Å². The SMILES string of the molecule is CSCCCS(=O)(=O)c1ccc(C(F)(F)F)cc1N. The third kappa shape index (κ3) is 4.31. The molecule has 0 saturated heterocycles. The summed E-state index contributed by atoms with van der Waals surface area (Å²) in [7, 11) is -3.63. The molecular weight excluding hydrogens is 299 g/mol. The summed E-state index contributed by atoms with van der Waals surface area (Å²) in [6.07, 6.45) is -2.25. The van der Waals surface area contributed by atoms with Gasteiger partial charge in [-0.2, -0.15) is 24.9 Å². The normalized spacial score (nSPS) is 12.6. The van der Waals surface area contributed by atoms with Crippen LogP contribution in [-0.2, 0) is 16.0 Å². The van der Waals surface area contributed by atoms with E-state index in [1.165, 1.54) is 11.8 Å². The van der Waals surface area contributed by atoms with E-state index >= 15 is 0 Å². The molecule has 0 unspecified atom stereocenters. The summed E-state index contributed by atoms with van der Waals surface area (Å²) in [6, 6.07) is 2.31. The lowest BCUT2D eigenvalue weighted by Crippen LogP contribution is -2.12. The zero-order valence-electron chi connectivity index (χ0n) is 10.2. The topological polar surface area (TPSA) is 60.2 Å². The van der Waals surface area contributed by atoms with Crippen LogP contribution in [0.4, 0.5) is 18.9 Å². The maximum atomic E-state index is 12.4. The van der Waals surface area contributed by atoms with Gasteiger partial charge in [0.1, 0.15) is 0 Å². The van der Waals surface area contributed by atoms with Crippen molar-refractivity contribution in [2.75, 3.05) is 23.5 Å². The minimum absolute atomic E-state index is 0.122. The van der Waals surface area contributed by atoms with E-state index in [2.05, 4.69) is 0 Å². The quantitative estimate of drug-likeness (QED) is 0.671. The van der Waals surface area contributed by atoms with Gasteiger partial charge in [0.25, 0.3) is 0 Å². The van der Waals surface area contributed by atoms with Crippen LogP contribution >= 0.6 is 11.8 Å². The Kier molecular flexibility index (Phi) is 5.14. The molecule has 3 nitrogen and oxygen atoms in total. The van der Waals surface area contributed by atoms with Gasteiger partial charge in [0.15, 0.2) is 9.84 Å². The van der Waals surface area contributed by atoms with Crippen molar-refractivity contribution in [3.63, 3.8) is 0 Å². The molecule has 19 heavy (non-hydrogen) atoms. The highest BCUT2D eigenvalue weighted by Crippen LogP contribution is 2.32. The molecule has 1 rings (SSSR count). The predicted octanol–water partition coefficient (Wildman–Crippen LogP) is 2.81. The van der Waals surface area contributed by atoms with E-state index in [-0.39, 0.29) is 16.3 Å². The molecule has 0 atom stereocenters. The largest absolute Gasteiger partial charge is 0.416 e. The Morgan fingerprint density at radius 1 is 1.32 bits per heavy atom. The van der Waals surface area contributed by atoms with Crippen molar-refractivity contribution in [2.45, 2.75) is 17.5 Å². The highest BCUT2D eigenvalue weighted by atomic mass is 32.2. The predicted molar refractivity (Wildman–Crippen MR) is 70.9 cm³/mol. The smallest absolute Gasteiger partial charge is 0.398 e. The van der Waals surface area contributed by atoms with Gasteiger partial charge in [0.2, 0.25) is 0 Å². The number of hydrogen-bond donors (Lipinski definition) is 1. The summed E-state index contributed by atoms with van der Waals surface area (Å²) in [5.74, 6) is 0.545. The van der Waals surface area contributed by atoms with Crippen LogP contribution in [0.25, 0.3) is 0 Å². The second kappa shape index (κ2) is 6.04. The van der Waals surface area contributed by atoms with Crippen LogP contribution in [0, 0.1) is 0 Å². The Labute approximate surface area is 114 Å². The Morgan fingerprint density at radius 3 is 2.42 bits per heavy atom. The summed E-state index contributed by atoms with van der Waals surface area (Å²) >= 11 is 1.50. The van der Waals surface area contributed by atoms with Crippen LogP contribution in [0.2, 0.25) is 0 Å². The van der Waals surface area contributed by atoms with Gasteiger partial charge in [-0.25, -0.2) is 8.42 Å². The van der Waals surface area contributed by atoms with Crippen LogP contribution < -0.4 is 5.73 Å². The summed E-state index contributed by atoms with van der Waals surface area (Å²) in [5.41, 5.74) is 4.11. The molecule has 0 aliphatic rings. The molecule has 2 N–H and O–H groups in total. The number of alkyl halides is 3. The number of nitrogen functional groups attached to an aromatic ring is 1. The van der Waals surface area contributed by atoms with Gasteiger partial charge >= 0.3 is 6.18 Å². The third-order valence-corrected chi connectivity index (χ3v) is 5.00. The second-order valence-corrected chi connectivity index (χ2v) is 6.98. The number of hydrogen-bond acceptors (Lipinski definition) is 4. The Balaban J connectivity index is 3.03. The molecule has 8 heteroatoms. The van der Waals surface area contributed by atoms with Crippen LogP contribution in [0.1, 0.15) is 12.0 Å². The highest BCUT2D eigenvalue weighted by Gasteiger charge is 2.31. The van der Waals surface area contributed by atoms with Crippen molar-refractivity contribution in [3.8, 4) is 0 Å². The van der Waals surface area contributed by atoms with Crippen molar-refractivity contribution in [2.24, 2.45) is 0 Å². The standard InChI is InChI=1S/C11H14F3NO2S2/c1-18-5-2-6-19(16,17)10-4-3-8(7-9(10)15)11(12,13)14/h3-4,7H,2,5-6,15H2,1H3. The van der Waals surface area contributed by atoms with E-state index in [9.17, 15) is 21.6 Å². The lowest BCUT2D eigenvalue weighted by Gasteiger charge is -2.11. The van der Waals surface area contributed by atoms with E-state index in [4.69, 9.17) is 5.73 Å². The Bertz CT molecular complexity index is 541. The molecule has 0 spiro atoms. The molecular formula is C11H14F3NO2S2. The van der Waals surface area contributed by atoms with Gasteiger partial charge < -0.3 is 5.73 Å². The van der Waals surface area contributed by atoms with Crippen molar-refractivity contribution in [1.82, 2.24) is 0 Å². The molecule has 0 aliphatic heterocycles. The molecule has 0 bridgehead atoms. The van der Waals surface area contributed by atoms with Gasteiger partial charge in [-0.15, -0.1) is 0 Å². The number of anilines is 1. The number of nitrogens with two attached hydrogens (primary N) is 1. The first kappa shape index (κ1) is 16.2. The summed E-state index contributed by atoms with van der Waals surface area (Å²) in [4.78, 5) is -0.235. The van der Waals surface area contributed by atoms with Crippen molar-refractivity contribution >= 4 is 27.3 Å². The first-order chi connectivity index (χ1) is 8.68. The highest BCUT2D eigenvalue weighted by molar-refractivity contribution is 7.98. The maximum absolute atomic E-state index is 12.4. The number of benzene rings is 1. The zero-order valence-corrected chi connectivity index (χ0v) is 11.8. The number of halogens is 3. The van der Waals surface area contributed by atoms with Gasteiger partial charge in [0.05, 0.1) is 21.9 Å². The lowest BCUT2D eigenvalue weighted by molar-refractivity contribution is -0.137. The molecule has 0 amide bonds. The fraction of sp³-hybridized carbons (Fsp3) is 0.455. The molecule has 1 aromatic rings. The minimum atomic E-state index is -4.53. The first-order valence-electron chi connectivity index (χ1n) is 5.37. The fourth-order valence-electron chi connectivity index (χ4n) is 1.51. The maximum Gasteiger partial charge on any atom is 0.416 e. The first-order valence-corrected chi connectivity index (χ1v) is 8.41. The summed E-state index contributed by atoms with van der Waals surface area (Å²) in [6.45, 7) is 0. The van der Waals surface area contributed by atoms with E-state index in [0.717, 1.165) is 12.1 Å². The molecule has 0 aromatic heterocycles. The average molecular weight is 313 g/mol. The molecule has 0 radical (unpaired) electrons. The average Bonchev–Trinajstić information content (AvgIpc) is 2.27. The zero-order chi connectivity index (χ0) is 14.7. The lowest BCUT2D eigenvalue weighted by atomic mass is 10.2. The molecule has 0 fully saturated rings. The Hall–Kier alpha value is -0.890. The van der Waals surface area contributed by atoms with Gasteiger partial charge in [-0.1, -0.05) is 0 Å². The molecule has 0 aliphatic carbocycles. The van der Waals surface area contributed by atoms with Crippen LogP contribution in [0.3, 0.4) is 0 Å². The van der Waals surface area contributed by atoms with Crippen molar-refractivity contribution in [1.29, 1.82) is 0 Å². The van der Waals surface area contributed by atoms with Crippen LogP contribution in [0.15, 0.2) is 23.1 Å². The fourth-order valence-corrected chi connectivity index (χ4v) is 3.56. The monoisotopic (exact) mass is 313 g/mol. The van der Waals surface area contributed by atoms with Gasteiger partial charge in [-0.3, -0.25) is 0 Å². The van der Waals surface area contributed by atoms with E-state index in [1.807, 2.05) is 6.26 Å². The molecule has 0 saturated carbocycles. The van der Waals surface area contributed by atoms with Crippen LogP contribution in [0.5, 0.6) is 0 Å².